The van der Waals surface area contributed by atoms with E-state index in [-0.39, 0.29) is 17.5 Å². The molecule has 0 bridgehead atoms. The van der Waals surface area contributed by atoms with Crippen molar-refractivity contribution in [1.82, 2.24) is 4.98 Å². The Bertz CT molecular complexity index is 671. The second-order valence-electron chi connectivity index (χ2n) is 4.63. The summed E-state index contributed by atoms with van der Waals surface area (Å²) in [6.45, 7) is 5.02. The van der Waals surface area contributed by atoms with Crippen molar-refractivity contribution in [3.05, 3.63) is 23.9 Å². The number of H-pyrrole nitrogens is 1. The van der Waals surface area contributed by atoms with E-state index in [1.54, 1.807) is 12.1 Å². The van der Waals surface area contributed by atoms with Gasteiger partial charge in [-0.05, 0) is 19.9 Å². The van der Waals surface area contributed by atoms with Crippen LogP contribution in [0.3, 0.4) is 0 Å². The molecule has 0 aliphatic heterocycles. The number of hydrogen-bond donors (Lipinski definition) is 2. The molecular weight excluding hydrogens is 262 g/mol. The fourth-order valence-electron chi connectivity index (χ4n) is 1.87. The van der Waals surface area contributed by atoms with Gasteiger partial charge in [0.1, 0.15) is 17.2 Å². The number of carbonyl (C=O) groups is 2. The summed E-state index contributed by atoms with van der Waals surface area (Å²) in [6, 6.07) is 4.67. The Balaban J connectivity index is 2.58. The van der Waals surface area contributed by atoms with E-state index in [0.717, 1.165) is 0 Å². The number of ether oxygens (including phenoxy) is 2. The van der Waals surface area contributed by atoms with E-state index in [2.05, 4.69) is 4.98 Å². The van der Waals surface area contributed by atoms with Crippen molar-refractivity contribution in [3.63, 3.8) is 0 Å². The van der Waals surface area contributed by atoms with Gasteiger partial charge in [-0.2, -0.15) is 0 Å². The molecule has 2 aromatic rings. The summed E-state index contributed by atoms with van der Waals surface area (Å²) in [5, 5.41) is 9.53. The van der Waals surface area contributed by atoms with Crippen LogP contribution in [0.5, 0.6) is 11.5 Å². The molecular formula is C14H15NO5. The van der Waals surface area contributed by atoms with Crippen LogP contribution in [0, 0.1) is 0 Å². The number of esters is 1. The van der Waals surface area contributed by atoms with Crippen molar-refractivity contribution in [2.24, 2.45) is 0 Å². The number of carboxylic acid groups (broad SMARTS) is 1. The SMILES string of the molecule is CC(=O)Oc1cc(OC(C)C)cc2[nH]c(C(=O)O)cc12. The molecule has 6 nitrogen and oxygen atoms in total. The highest BCUT2D eigenvalue weighted by molar-refractivity contribution is 5.97. The second kappa shape index (κ2) is 5.24. The topological polar surface area (TPSA) is 88.6 Å². The Morgan fingerprint density at radius 3 is 2.50 bits per heavy atom. The fourth-order valence-corrected chi connectivity index (χ4v) is 1.87. The highest BCUT2D eigenvalue weighted by atomic mass is 16.5. The lowest BCUT2D eigenvalue weighted by molar-refractivity contribution is -0.131. The Morgan fingerprint density at radius 2 is 1.95 bits per heavy atom. The standard InChI is InChI=1S/C14H15NO5/c1-7(2)19-9-4-11-10(6-12(15-11)14(17)18)13(5-9)20-8(3)16/h4-7,15H,1-3H3,(H,17,18). The third-order valence-electron chi connectivity index (χ3n) is 2.53. The number of carboxylic acids is 1. The van der Waals surface area contributed by atoms with Crippen LogP contribution in [-0.4, -0.2) is 28.1 Å². The van der Waals surface area contributed by atoms with Crippen molar-refractivity contribution < 1.29 is 24.2 Å². The average Bonchev–Trinajstić information content (AvgIpc) is 2.71. The molecule has 6 heteroatoms. The molecule has 0 spiro atoms. The van der Waals surface area contributed by atoms with Crippen LogP contribution in [-0.2, 0) is 4.79 Å². The molecule has 1 aromatic heterocycles. The van der Waals surface area contributed by atoms with Crippen molar-refractivity contribution in [3.8, 4) is 11.5 Å². The fraction of sp³-hybridized carbons (Fsp3) is 0.286. The number of carbonyl (C=O) groups excluding carboxylic acids is 1. The van der Waals surface area contributed by atoms with Crippen LogP contribution in [0.2, 0.25) is 0 Å². The third kappa shape index (κ3) is 2.90. The lowest BCUT2D eigenvalue weighted by Gasteiger charge is -2.11. The molecule has 1 aromatic carbocycles. The van der Waals surface area contributed by atoms with Crippen LogP contribution in [0.4, 0.5) is 0 Å². The lowest BCUT2D eigenvalue weighted by Crippen LogP contribution is -2.06. The number of fused-ring (bicyclic) bond motifs is 1. The zero-order valence-electron chi connectivity index (χ0n) is 11.4. The molecule has 0 fully saturated rings. The van der Waals surface area contributed by atoms with Gasteiger partial charge in [0.05, 0.1) is 11.6 Å². The van der Waals surface area contributed by atoms with Crippen molar-refractivity contribution in [2.75, 3.05) is 0 Å². The van der Waals surface area contributed by atoms with Crippen molar-refractivity contribution in [2.45, 2.75) is 26.9 Å². The van der Waals surface area contributed by atoms with Crippen LogP contribution >= 0.6 is 0 Å². The van der Waals surface area contributed by atoms with Crippen LogP contribution in [0.1, 0.15) is 31.3 Å². The average molecular weight is 277 g/mol. The van der Waals surface area contributed by atoms with Crippen molar-refractivity contribution in [1.29, 1.82) is 0 Å². The maximum absolute atomic E-state index is 11.1. The molecule has 0 aliphatic carbocycles. The summed E-state index contributed by atoms with van der Waals surface area (Å²) < 4.78 is 10.7. The zero-order valence-corrected chi connectivity index (χ0v) is 11.4. The molecule has 0 saturated heterocycles. The van der Waals surface area contributed by atoms with E-state index >= 15 is 0 Å². The van der Waals surface area contributed by atoms with Crippen LogP contribution < -0.4 is 9.47 Å². The summed E-state index contributed by atoms with van der Waals surface area (Å²) in [6.07, 6.45) is -0.0495. The molecule has 0 radical (unpaired) electrons. The molecule has 1 heterocycles. The molecule has 0 saturated carbocycles. The summed E-state index contributed by atoms with van der Waals surface area (Å²) in [5.74, 6) is -0.788. The maximum Gasteiger partial charge on any atom is 0.352 e. The largest absolute Gasteiger partial charge is 0.491 e. The van der Waals surface area contributed by atoms with E-state index in [0.29, 0.717) is 16.7 Å². The highest BCUT2D eigenvalue weighted by Gasteiger charge is 2.15. The Kier molecular flexibility index (Phi) is 3.65. The molecule has 20 heavy (non-hydrogen) atoms. The summed E-state index contributed by atoms with van der Waals surface area (Å²) in [5.41, 5.74) is 0.562. The van der Waals surface area contributed by atoms with E-state index in [9.17, 15) is 9.59 Å². The summed E-state index contributed by atoms with van der Waals surface area (Å²) in [7, 11) is 0. The molecule has 0 unspecified atom stereocenters. The summed E-state index contributed by atoms with van der Waals surface area (Å²) >= 11 is 0. The molecule has 2 rings (SSSR count). The number of aromatic carboxylic acids is 1. The van der Waals surface area contributed by atoms with E-state index in [1.165, 1.54) is 13.0 Å². The molecule has 0 amide bonds. The minimum Gasteiger partial charge on any atom is -0.491 e. The van der Waals surface area contributed by atoms with Gasteiger partial charge in [-0.3, -0.25) is 4.79 Å². The van der Waals surface area contributed by atoms with Gasteiger partial charge in [0, 0.05) is 24.4 Å². The van der Waals surface area contributed by atoms with Crippen molar-refractivity contribution >= 4 is 22.8 Å². The first-order valence-electron chi connectivity index (χ1n) is 6.12. The normalized spacial score (nSPS) is 10.8. The molecule has 0 aliphatic rings. The third-order valence-corrected chi connectivity index (χ3v) is 2.53. The lowest BCUT2D eigenvalue weighted by atomic mass is 10.2. The number of benzene rings is 1. The minimum atomic E-state index is -1.08. The highest BCUT2D eigenvalue weighted by Crippen LogP contribution is 2.32. The Labute approximate surface area is 115 Å². The first kappa shape index (κ1) is 13.9. The van der Waals surface area contributed by atoms with Gasteiger partial charge in [-0.1, -0.05) is 0 Å². The van der Waals surface area contributed by atoms with Gasteiger partial charge >= 0.3 is 11.9 Å². The van der Waals surface area contributed by atoms with Gasteiger partial charge in [-0.15, -0.1) is 0 Å². The number of aromatic nitrogens is 1. The zero-order chi connectivity index (χ0) is 14.9. The Morgan fingerprint density at radius 1 is 1.25 bits per heavy atom. The minimum absolute atomic E-state index is 0.0232. The smallest absolute Gasteiger partial charge is 0.352 e. The summed E-state index contributed by atoms with van der Waals surface area (Å²) in [4.78, 5) is 24.9. The number of nitrogens with one attached hydrogen (secondary N) is 1. The molecule has 2 N–H and O–H groups in total. The van der Waals surface area contributed by atoms with Gasteiger partial charge in [0.25, 0.3) is 0 Å². The van der Waals surface area contributed by atoms with Gasteiger partial charge in [-0.25, -0.2) is 4.79 Å². The van der Waals surface area contributed by atoms with Gasteiger partial charge < -0.3 is 19.6 Å². The first-order chi connectivity index (χ1) is 9.36. The quantitative estimate of drug-likeness (QED) is 0.662. The first-order valence-corrected chi connectivity index (χ1v) is 6.12. The number of aromatic amines is 1. The molecule has 0 atom stereocenters. The number of rotatable bonds is 4. The number of hydrogen-bond acceptors (Lipinski definition) is 4. The van der Waals surface area contributed by atoms with Gasteiger partial charge in [0.2, 0.25) is 0 Å². The second-order valence-corrected chi connectivity index (χ2v) is 4.63. The molecule has 106 valence electrons. The van der Waals surface area contributed by atoms with E-state index in [1.807, 2.05) is 13.8 Å². The van der Waals surface area contributed by atoms with Crippen LogP contribution in [0.25, 0.3) is 10.9 Å². The van der Waals surface area contributed by atoms with Crippen LogP contribution in [0.15, 0.2) is 18.2 Å². The predicted molar refractivity (Wildman–Crippen MR) is 72.3 cm³/mol. The van der Waals surface area contributed by atoms with E-state index in [4.69, 9.17) is 14.6 Å². The predicted octanol–water partition coefficient (Wildman–Crippen LogP) is 2.58. The monoisotopic (exact) mass is 277 g/mol. The van der Waals surface area contributed by atoms with E-state index < -0.39 is 11.9 Å². The Hall–Kier alpha value is -2.50. The van der Waals surface area contributed by atoms with Gasteiger partial charge in [0.15, 0.2) is 0 Å². The maximum atomic E-state index is 11.1.